The van der Waals surface area contributed by atoms with Crippen molar-refractivity contribution in [1.82, 2.24) is 4.90 Å². The predicted octanol–water partition coefficient (Wildman–Crippen LogP) is 2.15. The van der Waals surface area contributed by atoms with Gasteiger partial charge in [-0.3, -0.25) is 0 Å². The Kier molecular flexibility index (Phi) is 5.03. The van der Waals surface area contributed by atoms with Gasteiger partial charge in [0.05, 0.1) is 17.8 Å². The maximum atomic E-state index is 13.5. The number of hydrogen-bond donors (Lipinski definition) is 2. The van der Waals surface area contributed by atoms with E-state index in [1.54, 1.807) is 6.92 Å². The van der Waals surface area contributed by atoms with Crippen LogP contribution >= 0.6 is 0 Å². The summed E-state index contributed by atoms with van der Waals surface area (Å²) in [6.45, 7) is 1.96. The van der Waals surface area contributed by atoms with Crippen LogP contribution in [0.3, 0.4) is 0 Å². The topological polar surface area (TPSA) is 69.6 Å². The molecule has 0 spiro atoms. The lowest BCUT2D eigenvalue weighted by Gasteiger charge is -2.19. The van der Waals surface area contributed by atoms with Crippen LogP contribution in [-0.2, 0) is 0 Å². The molecule has 0 unspecified atom stereocenters. The minimum atomic E-state index is -1.56. The van der Waals surface area contributed by atoms with Crippen molar-refractivity contribution in [2.75, 3.05) is 18.4 Å². The van der Waals surface area contributed by atoms with E-state index in [0.717, 1.165) is 0 Å². The molecule has 0 aliphatic rings. The number of urea groups is 1. The van der Waals surface area contributed by atoms with Crippen LogP contribution in [0.4, 0.5) is 19.3 Å². The van der Waals surface area contributed by atoms with E-state index in [1.165, 1.54) is 4.90 Å². The zero-order valence-electron chi connectivity index (χ0n) is 10.6. The first-order valence-corrected chi connectivity index (χ1v) is 5.62. The number of amides is 2. The molecule has 7 heteroatoms. The number of nitrogens with one attached hydrogen (secondary N) is 1. The van der Waals surface area contributed by atoms with Gasteiger partial charge in [0, 0.05) is 12.6 Å². The number of benzene rings is 1. The van der Waals surface area contributed by atoms with Crippen molar-refractivity contribution >= 4 is 17.7 Å². The van der Waals surface area contributed by atoms with Gasteiger partial charge < -0.3 is 15.3 Å². The first-order chi connectivity index (χ1) is 9.40. The average Bonchev–Trinajstić information content (AvgIpc) is 2.38. The van der Waals surface area contributed by atoms with Gasteiger partial charge in [-0.15, -0.1) is 6.42 Å². The van der Waals surface area contributed by atoms with E-state index >= 15 is 0 Å². The molecule has 1 rings (SSSR count). The number of aromatic carboxylic acids is 1. The van der Waals surface area contributed by atoms with Crippen molar-refractivity contribution < 1.29 is 23.5 Å². The highest BCUT2D eigenvalue weighted by atomic mass is 19.1. The molecule has 2 N–H and O–H groups in total. The minimum Gasteiger partial charge on any atom is -0.478 e. The third-order valence-electron chi connectivity index (χ3n) is 2.48. The molecule has 0 atom stereocenters. The molecule has 0 bridgehead atoms. The second-order valence-corrected chi connectivity index (χ2v) is 3.77. The number of carboxylic acids is 1. The summed E-state index contributed by atoms with van der Waals surface area (Å²) in [5.74, 6) is -1.60. The summed E-state index contributed by atoms with van der Waals surface area (Å²) < 4.78 is 26.7. The van der Waals surface area contributed by atoms with Crippen molar-refractivity contribution in [2.24, 2.45) is 0 Å². The normalized spacial score (nSPS) is 9.70. The Morgan fingerprint density at radius 3 is 2.55 bits per heavy atom. The van der Waals surface area contributed by atoms with Gasteiger partial charge in [-0.1, -0.05) is 5.92 Å². The van der Waals surface area contributed by atoms with E-state index in [-0.39, 0.29) is 13.1 Å². The van der Waals surface area contributed by atoms with Crippen LogP contribution in [0, 0.1) is 24.0 Å². The molecular formula is C13H12F2N2O3. The second-order valence-electron chi connectivity index (χ2n) is 3.77. The fraction of sp³-hybridized carbons (Fsp3) is 0.231. The number of carboxylic acid groups (broad SMARTS) is 1. The number of hydrogen-bond acceptors (Lipinski definition) is 2. The molecule has 1 aromatic carbocycles. The highest BCUT2D eigenvalue weighted by molar-refractivity contribution is 5.93. The summed E-state index contributed by atoms with van der Waals surface area (Å²) in [5.41, 5.74) is -1.16. The third-order valence-corrected chi connectivity index (χ3v) is 2.48. The molecule has 0 heterocycles. The van der Waals surface area contributed by atoms with Gasteiger partial charge >= 0.3 is 12.0 Å². The van der Waals surface area contributed by atoms with Crippen molar-refractivity contribution in [3.63, 3.8) is 0 Å². The van der Waals surface area contributed by atoms with E-state index < -0.39 is 34.9 Å². The van der Waals surface area contributed by atoms with Crippen LogP contribution in [0.1, 0.15) is 17.3 Å². The van der Waals surface area contributed by atoms with Gasteiger partial charge in [-0.2, -0.15) is 0 Å². The fourth-order valence-electron chi connectivity index (χ4n) is 1.44. The summed E-state index contributed by atoms with van der Waals surface area (Å²) in [6.07, 6.45) is 5.08. The SMILES string of the molecule is C#CCN(CC)C(=O)Nc1cc(C(=O)O)c(F)cc1F. The first-order valence-electron chi connectivity index (χ1n) is 5.62. The van der Waals surface area contributed by atoms with E-state index in [9.17, 15) is 18.4 Å². The average molecular weight is 282 g/mol. The van der Waals surface area contributed by atoms with Gasteiger partial charge in [0.2, 0.25) is 0 Å². The second kappa shape index (κ2) is 6.52. The Labute approximate surface area is 114 Å². The molecular weight excluding hydrogens is 270 g/mol. The van der Waals surface area contributed by atoms with E-state index in [1.807, 2.05) is 0 Å². The zero-order valence-corrected chi connectivity index (χ0v) is 10.6. The monoisotopic (exact) mass is 282 g/mol. The number of carbonyl (C=O) groups is 2. The lowest BCUT2D eigenvalue weighted by atomic mass is 10.2. The summed E-state index contributed by atoms with van der Waals surface area (Å²) >= 11 is 0. The van der Waals surface area contributed by atoms with Gasteiger partial charge in [-0.05, 0) is 13.0 Å². The highest BCUT2D eigenvalue weighted by Gasteiger charge is 2.18. The lowest BCUT2D eigenvalue weighted by molar-refractivity contribution is 0.0691. The molecule has 0 fully saturated rings. The Hall–Kier alpha value is -2.62. The van der Waals surface area contributed by atoms with Crippen molar-refractivity contribution in [1.29, 1.82) is 0 Å². The summed E-state index contributed by atoms with van der Waals surface area (Å²) in [6, 6.07) is 0.415. The maximum absolute atomic E-state index is 13.5. The molecule has 0 saturated heterocycles. The third kappa shape index (κ3) is 3.45. The molecule has 20 heavy (non-hydrogen) atoms. The Balaban J connectivity index is 3.03. The van der Waals surface area contributed by atoms with Crippen LogP contribution < -0.4 is 5.32 Å². The van der Waals surface area contributed by atoms with Crippen LogP contribution in [-0.4, -0.2) is 35.1 Å². The summed E-state index contributed by atoms with van der Waals surface area (Å²) in [7, 11) is 0. The number of terminal acetylenes is 1. The van der Waals surface area contributed by atoms with Gasteiger partial charge in [0.15, 0.2) is 0 Å². The number of carbonyl (C=O) groups excluding carboxylic acids is 1. The zero-order chi connectivity index (χ0) is 15.3. The molecule has 5 nitrogen and oxygen atoms in total. The molecule has 2 amide bonds. The fourth-order valence-corrected chi connectivity index (χ4v) is 1.44. The molecule has 0 aliphatic heterocycles. The van der Waals surface area contributed by atoms with Crippen LogP contribution in [0.5, 0.6) is 0 Å². The summed E-state index contributed by atoms with van der Waals surface area (Å²) in [4.78, 5) is 23.7. The van der Waals surface area contributed by atoms with Crippen LogP contribution in [0.15, 0.2) is 12.1 Å². The first kappa shape index (κ1) is 15.4. The molecule has 1 aromatic rings. The number of anilines is 1. The quantitative estimate of drug-likeness (QED) is 0.831. The van der Waals surface area contributed by atoms with Gasteiger partial charge in [0.1, 0.15) is 11.6 Å². The molecule has 0 aromatic heterocycles. The Morgan fingerprint density at radius 2 is 2.05 bits per heavy atom. The standard InChI is InChI=1S/C13H12F2N2O3/c1-3-5-17(4-2)13(20)16-11-6-8(12(18)19)9(14)7-10(11)15/h1,6-7H,4-5H2,2H3,(H,16,20)(H,18,19). The lowest BCUT2D eigenvalue weighted by Crippen LogP contribution is -2.35. The van der Waals surface area contributed by atoms with Crippen LogP contribution in [0.2, 0.25) is 0 Å². The van der Waals surface area contributed by atoms with E-state index in [4.69, 9.17) is 11.5 Å². The minimum absolute atomic E-state index is 0.0108. The Morgan fingerprint density at radius 1 is 1.40 bits per heavy atom. The van der Waals surface area contributed by atoms with Crippen molar-refractivity contribution in [2.45, 2.75) is 6.92 Å². The largest absolute Gasteiger partial charge is 0.478 e. The van der Waals surface area contributed by atoms with Crippen LogP contribution in [0.25, 0.3) is 0 Å². The molecule has 0 radical (unpaired) electrons. The smallest absolute Gasteiger partial charge is 0.338 e. The molecule has 0 aliphatic carbocycles. The molecule has 106 valence electrons. The number of rotatable bonds is 4. The maximum Gasteiger partial charge on any atom is 0.338 e. The highest BCUT2D eigenvalue weighted by Crippen LogP contribution is 2.20. The van der Waals surface area contributed by atoms with Crippen molar-refractivity contribution in [3.05, 3.63) is 29.3 Å². The van der Waals surface area contributed by atoms with E-state index in [2.05, 4.69) is 11.2 Å². The molecule has 0 saturated carbocycles. The van der Waals surface area contributed by atoms with Crippen molar-refractivity contribution in [3.8, 4) is 12.3 Å². The van der Waals surface area contributed by atoms with Gasteiger partial charge in [-0.25, -0.2) is 18.4 Å². The Bertz CT molecular complexity index is 582. The predicted molar refractivity (Wildman–Crippen MR) is 68.4 cm³/mol. The summed E-state index contributed by atoms with van der Waals surface area (Å²) in [5, 5.41) is 10.9. The van der Waals surface area contributed by atoms with Gasteiger partial charge in [0.25, 0.3) is 0 Å². The number of halogens is 2. The number of nitrogens with zero attached hydrogens (tertiary/aromatic N) is 1. The van der Waals surface area contributed by atoms with E-state index in [0.29, 0.717) is 12.1 Å².